The molecule has 6 rings (SSSR count). The highest BCUT2D eigenvalue weighted by molar-refractivity contribution is 5.91. The molecule has 1 aromatic carbocycles. The van der Waals surface area contributed by atoms with E-state index in [4.69, 9.17) is 4.74 Å². The molecule has 3 heterocycles. The Morgan fingerprint density at radius 1 is 1.00 bits per heavy atom. The largest absolute Gasteiger partial charge is 0.490 e. The quantitative estimate of drug-likeness (QED) is 0.712. The van der Waals surface area contributed by atoms with Gasteiger partial charge in [0.2, 0.25) is 0 Å². The number of nitrogens with zero attached hydrogens (tertiary/aromatic N) is 4. The normalized spacial score (nSPS) is 22.6. The van der Waals surface area contributed by atoms with E-state index in [9.17, 15) is 4.79 Å². The zero-order valence-electron chi connectivity index (χ0n) is 20.8. The third-order valence-corrected chi connectivity index (χ3v) is 8.93. The number of likely N-dealkylation sites (tertiary alicyclic amines) is 1. The molecule has 0 atom stereocenters. The van der Waals surface area contributed by atoms with Crippen LogP contribution in [0, 0.1) is 5.41 Å². The molecule has 2 saturated heterocycles. The molecular weight excluding hydrogens is 438 g/mol. The second-order valence-corrected chi connectivity index (χ2v) is 11.0. The predicted octanol–water partition coefficient (Wildman–Crippen LogP) is 3.62. The van der Waals surface area contributed by atoms with E-state index in [0.717, 1.165) is 69.2 Å². The van der Waals surface area contributed by atoms with E-state index in [0.29, 0.717) is 17.2 Å². The number of carbonyl (C=O) groups excluding carboxylic acids is 1. The first-order chi connectivity index (χ1) is 17.1. The first-order valence-electron chi connectivity index (χ1n) is 13.4. The van der Waals surface area contributed by atoms with Gasteiger partial charge in [-0.15, -0.1) is 0 Å². The number of benzene rings is 1. The predicted molar refractivity (Wildman–Crippen MR) is 136 cm³/mol. The Bertz CT molecular complexity index is 1050. The smallest absolute Gasteiger partial charge is 0.271 e. The van der Waals surface area contributed by atoms with Crippen molar-refractivity contribution in [3.05, 3.63) is 47.4 Å². The van der Waals surface area contributed by atoms with Gasteiger partial charge >= 0.3 is 0 Å². The summed E-state index contributed by atoms with van der Waals surface area (Å²) in [5.41, 5.74) is 3.69. The molecule has 0 bridgehead atoms. The van der Waals surface area contributed by atoms with Crippen molar-refractivity contribution in [2.75, 3.05) is 38.1 Å². The Hall–Kier alpha value is -2.67. The van der Waals surface area contributed by atoms with Gasteiger partial charge in [0.15, 0.2) is 0 Å². The average Bonchev–Trinajstić information content (AvgIpc) is 3.21. The second-order valence-electron chi connectivity index (χ2n) is 11.0. The number of rotatable bonds is 5. The van der Waals surface area contributed by atoms with E-state index in [1.807, 2.05) is 0 Å². The first-order valence-corrected chi connectivity index (χ1v) is 13.4. The van der Waals surface area contributed by atoms with Crippen LogP contribution < -0.4 is 15.0 Å². The number of hydrogen-bond acceptors (Lipinski definition) is 6. The van der Waals surface area contributed by atoms with Crippen LogP contribution in [0.2, 0.25) is 0 Å². The molecular formula is C28H37N5O2. The highest BCUT2D eigenvalue weighted by atomic mass is 16.5. The van der Waals surface area contributed by atoms with Crippen LogP contribution in [-0.2, 0) is 12.8 Å². The number of amides is 1. The van der Waals surface area contributed by atoms with Crippen molar-refractivity contribution in [1.29, 1.82) is 0 Å². The monoisotopic (exact) mass is 475 g/mol. The topological polar surface area (TPSA) is 70.6 Å². The van der Waals surface area contributed by atoms with Crippen LogP contribution in [0.15, 0.2) is 30.6 Å². The van der Waals surface area contributed by atoms with Crippen molar-refractivity contribution in [2.45, 2.75) is 69.9 Å². The Kier molecular flexibility index (Phi) is 6.13. The SMILES string of the molecule is CNC(=O)c1cnc(N2CCC3(CC2)Cc2ccc(OC4CCN(C5CCC5)CC4)cc2C3)cn1. The lowest BCUT2D eigenvalue weighted by Gasteiger charge is -2.41. The van der Waals surface area contributed by atoms with Crippen molar-refractivity contribution in [1.82, 2.24) is 20.2 Å². The lowest BCUT2D eigenvalue weighted by Crippen LogP contribution is -2.46. The molecule has 7 heteroatoms. The van der Waals surface area contributed by atoms with Gasteiger partial charge in [-0.2, -0.15) is 0 Å². The van der Waals surface area contributed by atoms with Gasteiger partial charge in [0, 0.05) is 39.3 Å². The summed E-state index contributed by atoms with van der Waals surface area (Å²) in [7, 11) is 1.61. The maximum Gasteiger partial charge on any atom is 0.271 e. The van der Waals surface area contributed by atoms with E-state index in [1.165, 1.54) is 43.5 Å². The lowest BCUT2D eigenvalue weighted by molar-refractivity contribution is 0.0493. The minimum absolute atomic E-state index is 0.201. The fourth-order valence-electron chi connectivity index (χ4n) is 6.48. The highest BCUT2D eigenvalue weighted by Crippen LogP contribution is 2.46. The van der Waals surface area contributed by atoms with Crippen molar-refractivity contribution in [3.8, 4) is 5.75 Å². The van der Waals surface area contributed by atoms with Crippen LogP contribution >= 0.6 is 0 Å². The third kappa shape index (κ3) is 4.63. The Morgan fingerprint density at radius 2 is 1.77 bits per heavy atom. The number of carbonyl (C=O) groups is 1. The standard InChI is InChI=1S/C28H37N5O2/c1-29-27(34)25-18-31-26(19-30-25)33-13-9-28(10-14-33)16-20-5-6-24(15-21(20)17-28)35-23-7-11-32(12-8-23)22-3-2-4-22/h5-6,15,18-19,22-23H,2-4,7-14,16-17H2,1H3,(H,29,34). The third-order valence-electron chi connectivity index (χ3n) is 8.93. The average molecular weight is 476 g/mol. The Morgan fingerprint density at radius 3 is 2.43 bits per heavy atom. The van der Waals surface area contributed by atoms with Crippen LogP contribution in [0.1, 0.15) is 66.6 Å². The Labute approximate surface area is 208 Å². The van der Waals surface area contributed by atoms with Gasteiger partial charge in [0.1, 0.15) is 23.4 Å². The zero-order chi connectivity index (χ0) is 23.8. The molecule has 1 saturated carbocycles. The van der Waals surface area contributed by atoms with Crippen molar-refractivity contribution in [2.24, 2.45) is 5.41 Å². The Balaban J connectivity index is 1.03. The molecule has 0 radical (unpaired) electrons. The minimum atomic E-state index is -0.201. The van der Waals surface area contributed by atoms with Gasteiger partial charge in [0.25, 0.3) is 5.91 Å². The summed E-state index contributed by atoms with van der Waals surface area (Å²) in [6.45, 7) is 4.34. The number of fused-ring (bicyclic) bond motifs is 1. The maximum atomic E-state index is 11.7. The summed E-state index contributed by atoms with van der Waals surface area (Å²) in [6.07, 6.45) is 14.8. The molecule has 2 aliphatic carbocycles. The lowest BCUT2D eigenvalue weighted by atomic mass is 9.76. The first kappa shape index (κ1) is 22.8. The van der Waals surface area contributed by atoms with Gasteiger partial charge in [-0.25, -0.2) is 9.97 Å². The summed E-state index contributed by atoms with van der Waals surface area (Å²) in [5.74, 6) is 1.72. The molecule has 2 aromatic rings. The van der Waals surface area contributed by atoms with Gasteiger partial charge < -0.3 is 19.9 Å². The number of anilines is 1. The van der Waals surface area contributed by atoms with Gasteiger partial charge in [-0.05, 0) is 80.0 Å². The van der Waals surface area contributed by atoms with E-state index in [-0.39, 0.29) is 5.91 Å². The van der Waals surface area contributed by atoms with Crippen LogP contribution in [0.5, 0.6) is 5.75 Å². The highest BCUT2D eigenvalue weighted by Gasteiger charge is 2.40. The zero-order valence-corrected chi connectivity index (χ0v) is 20.8. The molecule has 186 valence electrons. The molecule has 1 amide bonds. The minimum Gasteiger partial charge on any atom is -0.490 e. The van der Waals surface area contributed by atoms with Gasteiger partial charge in [-0.1, -0.05) is 12.5 Å². The summed E-state index contributed by atoms with van der Waals surface area (Å²) < 4.78 is 6.47. The van der Waals surface area contributed by atoms with Crippen LogP contribution in [0.25, 0.3) is 0 Å². The molecule has 3 fully saturated rings. The summed E-state index contributed by atoms with van der Waals surface area (Å²) in [4.78, 5) is 25.5. The molecule has 1 spiro atoms. The van der Waals surface area contributed by atoms with E-state index < -0.39 is 0 Å². The van der Waals surface area contributed by atoms with Gasteiger partial charge in [0.05, 0.1) is 12.4 Å². The van der Waals surface area contributed by atoms with E-state index in [1.54, 1.807) is 19.4 Å². The molecule has 4 aliphatic rings. The molecule has 35 heavy (non-hydrogen) atoms. The van der Waals surface area contributed by atoms with Crippen LogP contribution in [-0.4, -0.2) is 66.1 Å². The van der Waals surface area contributed by atoms with Crippen molar-refractivity contribution in [3.63, 3.8) is 0 Å². The second kappa shape index (κ2) is 9.41. The summed E-state index contributed by atoms with van der Waals surface area (Å²) >= 11 is 0. The maximum absolute atomic E-state index is 11.7. The van der Waals surface area contributed by atoms with Crippen LogP contribution in [0.3, 0.4) is 0 Å². The molecule has 7 nitrogen and oxygen atoms in total. The number of piperidine rings is 2. The summed E-state index contributed by atoms with van der Waals surface area (Å²) in [6, 6.07) is 7.71. The molecule has 0 unspecified atom stereocenters. The van der Waals surface area contributed by atoms with Crippen molar-refractivity contribution >= 4 is 11.7 Å². The van der Waals surface area contributed by atoms with Gasteiger partial charge in [-0.3, -0.25) is 4.79 Å². The van der Waals surface area contributed by atoms with E-state index in [2.05, 4.69) is 43.3 Å². The fourth-order valence-corrected chi connectivity index (χ4v) is 6.48. The van der Waals surface area contributed by atoms with E-state index >= 15 is 0 Å². The number of aromatic nitrogens is 2. The number of nitrogens with one attached hydrogen (secondary N) is 1. The molecule has 1 N–H and O–H groups in total. The molecule has 1 aromatic heterocycles. The number of ether oxygens (including phenoxy) is 1. The van der Waals surface area contributed by atoms with Crippen LogP contribution in [0.4, 0.5) is 5.82 Å². The van der Waals surface area contributed by atoms with Crippen molar-refractivity contribution < 1.29 is 9.53 Å². The molecule has 2 aliphatic heterocycles. The fraction of sp³-hybridized carbons (Fsp3) is 0.607. The number of hydrogen-bond donors (Lipinski definition) is 1. The summed E-state index contributed by atoms with van der Waals surface area (Å²) in [5, 5.41) is 2.59.